The molecular weight excluding hydrogens is 328 g/mol. The number of piperidine rings is 1. The zero-order valence-corrected chi connectivity index (χ0v) is 14.9. The van der Waals surface area contributed by atoms with Crippen molar-refractivity contribution < 1.29 is 9.59 Å². The van der Waals surface area contributed by atoms with Crippen molar-refractivity contribution in [3.63, 3.8) is 0 Å². The maximum atomic E-state index is 12.5. The summed E-state index contributed by atoms with van der Waals surface area (Å²) in [7, 11) is 1.65. The third-order valence-electron chi connectivity index (χ3n) is 4.72. The van der Waals surface area contributed by atoms with Gasteiger partial charge in [-0.3, -0.25) is 9.78 Å². The molecular formula is C20H24N4O2. The van der Waals surface area contributed by atoms with Crippen molar-refractivity contribution >= 4 is 11.9 Å². The van der Waals surface area contributed by atoms with Crippen LogP contribution in [0.1, 0.15) is 40.2 Å². The number of nitrogens with one attached hydrogen (secondary N) is 2. The molecule has 0 aliphatic carbocycles. The summed E-state index contributed by atoms with van der Waals surface area (Å²) in [5.41, 5.74) is 2.71. The van der Waals surface area contributed by atoms with Gasteiger partial charge in [-0.15, -0.1) is 0 Å². The molecule has 1 aromatic heterocycles. The number of pyridine rings is 1. The van der Waals surface area contributed by atoms with E-state index in [1.54, 1.807) is 19.4 Å². The molecule has 0 bridgehead atoms. The van der Waals surface area contributed by atoms with Crippen LogP contribution in [0, 0.1) is 0 Å². The minimum atomic E-state index is -0.102. The second-order valence-electron chi connectivity index (χ2n) is 6.51. The number of carbonyl (C=O) groups is 2. The van der Waals surface area contributed by atoms with Gasteiger partial charge in [-0.1, -0.05) is 18.2 Å². The molecule has 2 heterocycles. The number of nitrogens with zero attached hydrogens (tertiary/aromatic N) is 2. The molecule has 3 amide bonds. The van der Waals surface area contributed by atoms with Crippen molar-refractivity contribution in [3.8, 4) is 0 Å². The van der Waals surface area contributed by atoms with Crippen LogP contribution in [0.4, 0.5) is 4.79 Å². The van der Waals surface area contributed by atoms with Crippen LogP contribution in [0.5, 0.6) is 0 Å². The van der Waals surface area contributed by atoms with Gasteiger partial charge in [0.15, 0.2) is 0 Å². The van der Waals surface area contributed by atoms with Crippen molar-refractivity contribution in [3.05, 3.63) is 65.5 Å². The van der Waals surface area contributed by atoms with Crippen LogP contribution in [-0.4, -0.2) is 42.0 Å². The molecule has 1 fully saturated rings. The molecule has 1 aromatic carbocycles. The number of hydrogen-bond donors (Lipinski definition) is 2. The summed E-state index contributed by atoms with van der Waals surface area (Å²) < 4.78 is 0. The zero-order valence-electron chi connectivity index (χ0n) is 14.9. The van der Waals surface area contributed by atoms with Crippen molar-refractivity contribution in [2.45, 2.75) is 25.3 Å². The van der Waals surface area contributed by atoms with Gasteiger partial charge >= 0.3 is 6.03 Å². The first-order chi connectivity index (χ1) is 12.7. The first kappa shape index (κ1) is 17.9. The topological polar surface area (TPSA) is 74.3 Å². The van der Waals surface area contributed by atoms with Crippen molar-refractivity contribution in [1.29, 1.82) is 0 Å². The lowest BCUT2D eigenvalue weighted by molar-refractivity contribution is 0.0950. The fourth-order valence-electron chi connectivity index (χ4n) is 3.31. The predicted octanol–water partition coefficient (Wildman–Crippen LogP) is 2.53. The summed E-state index contributed by atoms with van der Waals surface area (Å²) in [6, 6.07) is 11.4. The van der Waals surface area contributed by atoms with E-state index in [9.17, 15) is 9.59 Å². The highest BCUT2D eigenvalue weighted by Gasteiger charge is 2.24. The van der Waals surface area contributed by atoms with E-state index in [1.165, 1.54) is 0 Å². The molecule has 0 radical (unpaired) electrons. The Morgan fingerprint density at radius 2 is 2.15 bits per heavy atom. The van der Waals surface area contributed by atoms with Gasteiger partial charge < -0.3 is 15.5 Å². The molecule has 6 nitrogen and oxygen atoms in total. The number of aromatic nitrogens is 1. The quantitative estimate of drug-likeness (QED) is 0.888. The van der Waals surface area contributed by atoms with Crippen molar-refractivity contribution in [2.75, 3.05) is 20.1 Å². The molecule has 136 valence electrons. The Morgan fingerprint density at radius 1 is 1.27 bits per heavy atom. The fourth-order valence-corrected chi connectivity index (χ4v) is 3.31. The summed E-state index contributed by atoms with van der Waals surface area (Å²) >= 11 is 0. The Labute approximate surface area is 153 Å². The minimum Gasteiger partial charge on any atom is -0.348 e. The normalized spacial score (nSPS) is 16.8. The summed E-state index contributed by atoms with van der Waals surface area (Å²) in [4.78, 5) is 30.2. The molecule has 3 rings (SSSR count). The third kappa shape index (κ3) is 4.39. The standard InChI is InChI=1S/C20H24N4O2/c1-21-20(26)24-10-4-8-18(14-24)16-6-2-7-17(11-16)19(25)23-13-15-5-3-9-22-12-15/h2-3,5-7,9,11-12,18H,4,8,10,13-14H2,1H3,(H,21,26)(H,23,25). The predicted molar refractivity (Wildman–Crippen MR) is 99.9 cm³/mol. The molecule has 26 heavy (non-hydrogen) atoms. The Bertz CT molecular complexity index is 763. The van der Waals surface area contributed by atoms with Crippen LogP contribution in [0.25, 0.3) is 0 Å². The smallest absolute Gasteiger partial charge is 0.317 e. The van der Waals surface area contributed by atoms with E-state index in [-0.39, 0.29) is 17.9 Å². The van der Waals surface area contributed by atoms with E-state index in [0.29, 0.717) is 18.7 Å². The van der Waals surface area contributed by atoms with Gasteiger partial charge in [0.25, 0.3) is 5.91 Å². The Kier molecular flexibility index (Phi) is 5.84. The van der Waals surface area contributed by atoms with Crippen LogP contribution in [-0.2, 0) is 6.54 Å². The van der Waals surface area contributed by atoms with E-state index < -0.39 is 0 Å². The minimum absolute atomic E-state index is 0.0416. The van der Waals surface area contributed by atoms with E-state index in [2.05, 4.69) is 15.6 Å². The lowest BCUT2D eigenvalue weighted by atomic mass is 9.89. The Hall–Kier alpha value is -2.89. The Morgan fingerprint density at radius 3 is 2.92 bits per heavy atom. The van der Waals surface area contributed by atoms with Gasteiger partial charge in [-0.2, -0.15) is 0 Å². The molecule has 6 heteroatoms. The molecule has 1 saturated heterocycles. The van der Waals surface area contributed by atoms with Crippen LogP contribution in [0.15, 0.2) is 48.8 Å². The third-order valence-corrected chi connectivity index (χ3v) is 4.72. The number of benzene rings is 1. The molecule has 1 aliphatic heterocycles. The number of amides is 3. The largest absolute Gasteiger partial charge is 0.348 e. The highest BCUT2D eigenvalue weighted by Crippen LogP contribution is 2.27. The summed E-state index contributed by atoms with van der Waals surface area (Å²) in [6.45, 7) is 1.91. The fraction of sp³-hybridized carbons (Fsp3) is 0.350. The molecule has 0 spiro atoms. The maximum Gasteiger partial charge on any atom is 0.317 e. The van der Waals surface area contributed by atoms with Gasteiger partial charge in [0.1, 0.15) is 0 Å². The number of rotatable bonds is 4. The van der Waals surface area contributed by atoms with Gasteiger partial charge in [0.05, 0.1) is 0 Å². The highest BCUT2D eigenvalue weighted by molar-refractivity contribution is 5.94. The van der Waals surface area contributed by atoms with Crippen LogP contribution in [0.2, 0.25) is 0 Å². The van der Waals surface area contributed by atoms with Crippen LogP contribution < -0.4 is 10.6 Å². The van der Waals surface area contributed by atoms with Gasteiger partial charge in [-0.05, 0) is 42.2 Å². The van der Waals surface area contributed by atoms with Crippen molar-refractivity contribution in [1.82, 2.24) is 20.5 Å². The first-order valence-corrected chi connectivity index (χ1v) is 8.91. The zero-order chi connectivity index (χ0) is 18.4. The molecule has 0 saturated carbocycles. The van der Waals surface area contributed by atoms with E-state index >= 15 is 0 Å². The molecule has 2 aromatic rings. The Balaban J connectivity index is 1.65. The average molecular weight is 352 g/mol. The van der Waals surface area contributed by atoms with E-state index in [4.69, 9.17) is 0 Å². The molecule has 1 unspecified atom stereocenters. The van der Waals surface area contributed by atoms with Gasteiger partial charge in [0.2, 0.25) is 0 Å². The SMILES string of the molecule is CNC(=O)N1CCCC(c2cccc(C(=O)NCc3cccnc3)c2)C1. The maximum absolute atomic E-state index is 12.5. The number of likely N-dealkylation sites (tertiary alicyclic amines) is 1. The second kappa shape index (κ2) is 8.47. The summed E-state index contributed by atoms with van der Waals surface area (Å²) in [6.07, 6.45) is 5.44. The van der Waals surface area contributed by atoms with E-state index in [0.717, 1.165) is 30.5 Å². The summed E-state index contributed by atoms with van der Waals surface area (Å²) in [5.74, 6) is 0.154. The summed E-state index contributed by atoms with van der Waals surface area (Å²) in [5, 5.41) is 5.61. The average Bonchev–Trinajstić information content (AvgIpc) is 2.72. The second-order valence-corrected chi connectivity index (χ2v) is 6.51. The van der Waals surface area contributed by atoms with E-state index in [1.807, 2.05) is 41.3 Å². The molecule has 1 aliphatic rings. The molecule has 2 N–H and O–H groups in total. The monoisotopic (exact) mass is 352 g/mol. The lowest BCUT2D eigenvalue weighted by Crippen LogP contribution is -2.43. The van der Waals surface area contributed by atoms with Gasteiger partial charge in [0, 0.05) is 50.6 Å². The van der Waals surface area contributed by atoms with Crippen molar-refractivity contribution in [2.24, 2.45) is 0 Å². The van der Waals surface area contributed by atoms with Gasteiger partial charge in [-0.25, -0.2) is 4.79 Å². The highest BCUT2D eigenvalue weighted by atomic mass is 16.2. The van der Waals surface area contributed by atoms with Crippen LogP contribution >= 0.6 is 0 Å². The lowest BCUT2D eigenvalue weighted by Gasteiger charge is -2.32. The number of carbonyl (C=O) groups excluding carboxylic acids is 2. The molecule has 1 atom stereocenters. The first-order valence-electron chi connectivity index (χ1n) is 8.91. The van der Waals surface area contributed by atoms with Crippen LogP contribution in [0.3, 0.4) is 0 Å². The number of urea groups is 1. The number of hydrogen-bond acceptors (Lipinski definition) is 3.